The molecule has 0 amide bonds. The van der Waals surface area contributed by atoms with E-state index in [0.717, 1.165) is 0 Å². The van der Waals surface area contributed by atoms with Crippen LogP contribution in [-0.4, -0.2) is 36.3 Å². The smallest absolute Gasteiger partial charge is 0.338 e. The van der Waals surface area contributed by atoms with Gasteiger partial charge in [0.1, 0.15) is 12.4 Å². The molecular formula is C8H9NO5S. The van der Waals surface area contributed by atoms with Crippen molar-refractivity contribution in [3.63, 3.8) is 0 Å². The van der Waals surface area contributed by atoms with Crippen molar-refractivity contribution in [1.82, 2.24) is 4.98 Å². The Bertz CT molecular complexity index is 428. The molecule has 0 aliphatic rings. The molecule has 0 aliphatic heterocycles. The topological polar surface area (TPSA) is 93.6 Å². The molecule has 0 saturated carbocycles. The number of nitrogens with zero attached hydrogens (tertiary/aromatic N) is 1. The summed E-state index contributed by atoms with van der Waals surface area (Å²) in [5.41, 5.74) is 0.278. The molecule has 1 N–H and O–H groups in total. The first-order chi connectivity index (χ1) is 6.99. The second kappa shape index (κ2) is 4.85. The van der Waals surface area contributed by atoms with E-state index in [9.17, 15) is 13.2 Å². The Morgan fingerprint density at radius 1 is 1.40 bits per heavy atom. The van der Waals surface area contributed by atoms with Crippen molar-refractivity contribution in [2.75, 3.05) is 12.4 Å². The number of hydrogen-bond donors (Lipinski definition) is 1. The predicted molar refractivity (Wildman–Crippen MR) is 50.9 cm³/mol. The lowest BCUT2D eigenvalue weighted by Gasteiger charge is -2.02. The van der Waals surface area contributed by atoms with Gasteiger partial charge in [0.2, 0.25) is 0 Å². The van der Waals surface area contributed by atoms with Crippen LogP contribution in [-0.2, 0) is 14.9 Å². The molecule has 82 valence electrons. The van der Waals surface area contributed by atoms with Gasteiger partial charge in [-0.15, -0.1) is 0 Å². The first-order valence-corrected chi connectivity index (χ1v) is 5.62. The van der Waals surface area contributed by atoms with E-state index in [4.69, 9.17) is 4.55 Å². The fourth-order valence-electron chi connectivity index (χ4n) is 0.811. The highest BCUT2D eigenvalue weighted by molar-refractivity contribution is 7.85. The number of hydrogen-bond acceptors (Lipinski definition) is 5. The van der Waals surface area contributed by atoms with Gasteiger partial charge in [0.25, 0.3) is 10.1 Å². The van der Waals surface area contributed by atoms with Crippen molar-refractivity contribution < 1.29 is 22.5 Å². The summed E-state index contributed by atoms with van der Waals surface area (Å²) in [6, 6.07) is 2.88. The Hall–Kier alpha value is -1.47. The Morgan fingerprint density at radius 2 is 2.00 bits per heavy atom. The Labute approximate surface area is 86.6 Å². The zero-order chi connectivity index (χ0) is 11.3. The van der Waals surface area contributed by atoms with Gasteiger partial charge < -0.3 is 4.74 Å². The van der Waals surface area contributed by atoms with E-state index in [1.807, 2.05) is 0 Å². The Morgan fingerprint density at radius 3 is 2.53 bits per heavy atom. The number of carbonyl (C=O) groups excluding carboxylic acids is 1. The third kappa shape index (κ3) is 4.52. The van der Waals surface area contributed by atoms with Gasteiger partial charge >= 0.3 is 5.97 Å². The van der Waals surface area contributed by atoms with Gasteiger partial charge in [-0.25, -0.2) is 4.79 Å². The van der Waals surface area contributed by atoms with Crippen LogP contribution in [0.2, 0.25) is 0 Å². The van der Waals surface area contributed by atoms with Crippen LogP contribution in [0.4, 0.5) is 0 Å². The molecule has 6 nitrogen and oxygen atoms in total. The Balaban J connectivity index is 2.45. The summed E-state index contributed by atoms with van der Waals surface area (Å²) in [6.45, 7) is -0.375. The normalized spacial score (nSPS) is 11.0. The van der Waals surface area contributed by atoms with Gasteiger partial charge in [-0.2, -0.15) is 8.42 Å². The quantitative estimate of drug-likeness (QED) is 0.584. The number of esters is 1. The van der Waals surface area contributed by atoms with Crippen molar-refractivity contribution in [2.45, 2.75) is 0 Å². The van der Waals surface area contributed by atoms with Crippen LogP contribution in [0.3, 0.4) is 0 Å². The standard InChI is InChI=1S/C8H9NO5S/c10-8(7-1-3-9-4-2-7)14-5-6-15(11,12)13/h1-4H,5-6H2,(H,11,12,13). The van der Waals surface area contributed by atoms with E-state index in [1.54, 1.807) is 0 Å². The molecule has 0 unspecified atom stereocenters. The van der Waals surface area contributed by atoms with Gasteiger partial charge in [0, 0.05) is 12.4 Å². The SMILES string of the molecule is O=C(OCCS(=O)(=O)O)c1ccncc1. The number of pyridine rings is 1. The van der Waals surface area contributed by atoms with E-state index >= 15 is 0 Å². The average molecular weight is 231 g/mol. The highest BCUT2D eigenvalue weighted by atomic mass is 32.2. The largest absolute Gasteiger partial charge is 0.461 e. The minimum absolute atomic E-state index is 0.278. The molecule has 1 aromatic rings. The summed E-state index contributed by atoms with van der Waals surface area (Å²) >= 11 is 0. The molecule has 0 fully saturated rings. The molecule has 0 bridgehead atoms. The summed E-state index contributed by atoms with van der Waals surface area (Å²) in [4.78, 5) is 14.9. The van der Waals surface area contributed by atoms with Gasteiger partial charge in [-0.1, -0.05) is 0 Å². The van der Waals surface area contributed by atoms with E-state index in [2.05, 4.69) is 9.72 Å². The molecule has 1 aromatic heterocycles. The van der Waals surface area contributed by atoms with Gasteiger partial charge in [-0.3, -0.25) is 9.54 Å². The van der Waals surface area contributed by atoms with Crippen molar-refractivity contribution in [3.8, 4) is 0 Å². The Kier molecular flexibility index (Phi) is 3.75. The lowest BCUT2D eigenvalue weighted by molar-refractivity contribution is 0.0528. The number of aromatic nitrogens is 1. The van der Waals surface area contributed by atoms with Crippen molar-refractivity contribution in [3.05, 3.63) is 30.1 Å². The van der Waals surface area contributed by atoms with Crippen molar-refractivity contribution in [1.29, 1.82) is 0 Å². The zero-order valence-corrected chi connectivity index (χ0v) is 8.48. The van der Waals surface area contributed by atoms with E-state index in [-0.39, 0.29) is 12.2 Å². The average Bonchev–Trinajstić information content (AvgIpc) is 2.17. The monoisotopic (exact) mass is 231 g/mol. The maximum atomic E-state index is 11.2. The summed E-state index contributed by atoms with van der Waals surface area (Å²) in [7, 11) is -4.09. The molecule has 1 heterocycles. The third-order valence-corrected chi connectivity index (χ3v) is 2.17. The van der Waals surface area contributed by atoms with Crippen LogP contribution in [0.5, 0.6) is 0 Å². The van der Waals surface area contributed by atoms with Crippen LogP contribution in [0.25, 0.3) is 0 Å². The number of rotatable bonds is 4. The summed E-state index contributed by atoms with van der Waals surface area (Å²) in [5, 5.41) is 0. The van der Waals surface area contributed by atoms with Crippen LogP contribution < -0.4 is 0 Å². The van der Waals surface area contributed by atoms with Gasteiger partial charge in [0.15, 0.2) is 0 Å². The summed E-state index contributed by atoms with van der Waals surface area (Å²) in [5.74, 6) is -1.26. The highest BCUT2D eigenvalue weighted by Gasteiger charge is 2.09. The fraction of sp³-hybridized carbons (Fsp3) is 0.250. The first-order valence-electron chi connectivity index (χ1n) is 4.01. The molecule has 0 aromatic carbocycles. The molecule has 0 saturated heterocycles. The lowest BCUT2D eigenvalue weighted by atomic mass is 10.3. The van der Waals surface area contributed by atoms with Crippen LogP contribution >= 0.6 is 0 Å². The van der Waals surface area contributed by atoms with E-state index in [1.165, 1.54) is 24.5 Å². The third-order valence-electron chi connectivity index (χ3n) is 1.49. The molecule has 0 aliphatic carbocycles. The van der Waals surface area contributed by atoms with Crippen LogP contribution in [0.15, 0.2) is 24.5 Å². The maximum absolute atomic E-state index is 11.2. The van der Waals surface area contributed by atoms with Gasteiger partial charge in [-0.05, 0) is 12.1 Å². The second-order valence-electron chi connectivity index (χ2n) is 2.66. The molecule has 0 spiro atoms. The molecular weight excluding hydrogens is 222 g/mol. The predicted octanol–water partition coefficient (Wildman–Crippen LogP) is 0.126. The first kappa shape index (κ1) is 11.6. The summed E-state index contributed by atoms with van der Waals surface area (Å²) < 4.78 is 33.6. The zero-order valence-electron chi connectivity index (χ0n) is 7.66. The van der Waals surface area contributed by atoms with Crippen LogP contribution in [0.1, 0.15) is 10.4 Å². The second-order valence-corrected chi connectivity index (χ2v) is 4.23. The number of carbonyl (C=O) groups is 1. The molecule has 1 rings (SSSR count). The highest BCUT2D eigenvalue weighted by Crippen LogP contribution is 1.99. The molecule has 0 radical (unpaired) electrons. The molecule has 7 heteroatoms. The van der Waals surface area contributed by atoms with E-state index < -0.39 is 21.8 Å². The molecule has 15 heavy (non-hydrogen) atoms. The maximum Gasteiger partial charge on any atom is 0.338 e. The van der Waals surface area contributed by atoms with Crippen molar-refractivity contribution >= 4 is 16.1 Å². The minimum atomic E-state index is -4.09. The number of ether oxygens (including phenoxy) is 1. The lowest BCUT2D eigenvalue weighted by Crippen LogP contribution is -2.14. The summed E-state index contributed by atoms with van der Waals surface area (Å²) in [6.07, 6.45) is 2.83. The van der Waals surface area contributed by atoms with Crippen molar-refractivity contribution in [2.24, 2.45) is 0 Å². The van der Waals surface area contributed by atoms with Crippen LogP contribution in [0, 0.1) is 0 Å². The fourth-order valence-corrected chi connectivity index (χ4v) is 1.10. The van der Waals surface area contributed by atoms with E-state index in [0.29, 0.717) is 0 Å². The molecule has 0 atom stereocenters. The van der Waals surface area contributed by atoms with Gasteiger partial charge in [0.05, 0.1) is 5.56 Å². The minimum Gasteiger partial charge on any atom is -0.461 e.